The zero-order chi connectivity index (χ0) is 27.6. The van der Waals surface area contributed by atoms with Crippen molar-refractivity contribution in [2.75, 3.05) is 45.9 Å². The Labute approximate surface area is 233 Å². The van der Waals surface area contributed by atoms with Crippen LogP contribution in [0.2, 0.25) is 0 Å². The molecule has 2 aliphatic heterocycles. The average molecular weight is 540 g/mol. The fourth-order valence-electron chi connectivity index (χ4n) is 5.66. The van der Waals surface area contributed by atoms with Crippen LogP contribution >= 0.6 is 0 Å². The van der Waals surface area contributed by atoms with Gasteiger partial charge >= 0.3 is 0 Å². The van der Waals surface area contributed by atoms with Gasteiger partial charge in [-0.15, -0.1) is 0 Å². The lowest BCUT2D eigenvalue weighted by atomic mass is 10.0. The standard InChI is InChI=1S/C32H46FN3O3/c1-25(2)24-39-31-12-8-26(9-13-31)21-32(38)36(22-27-6-10-28(33)11-7-27)29-14-19-34(20-15-29)17-4-18-35-16-3-5-30(37)23-35/h6-13,25,29-30,37H,3-5,14-24H2,1-2H3. The van der Waals surface area contributed by atoms with Crippen LogP contribution in [0.25, 0.3) is 0 Å². The number of amides is 1. The number of aliphatic hydroxyl groups excluding tert-OH is 1. The van der Waals surface area contributed by atoms with E-state index < -0.39 is 0 Å². The van der Waals surface area contributed by atoms with Gasteiger partial charge in [-0.25, -0.2) is 4.39 Å². The predicted molar refractivity (Wildman–Crippen MR) is 153 cm³/mol. The third kappa shape index (κ3) is 9.59. The number of rotatable bonds is 12. The highest BCUT2D eigenvalue weighted by atomic mass is 19.1. The predicted octanol–water partition coefficient (Wildman–Crippen LogP) is 4.74. The van der Waals surface area contributed by atoms with Crippen LogP contribution in [0.4, 0.5) is 4.39 Å². The number of hydrogen-bond acceptors (Lipinski definition) is 5. The summed E-state index contributed by atoms with van der Waals surface area (Å²) in [6, 6.07) is 14.5. The summed E-state index contributed by atoms with van der Waals surface area (Å²) in [4.78, 5) is 20.5. The van der Waals surface area contributed by atoms with E-state index in [9.17, 15) is 14.3 Å². The van der Waals surface area contributed by atoms with Crippen molar-refractivity contribution in [2.45, 2.75) is 71.1 Å². The molecular formula is C32H46FN3O3. The van der Waals surface area contributed by atoms with Crippen LogP contribution in [0, 0.1) is 11.7 Å². The Kier molecular flexibility index (Phi) is 11.2. The fourth-order valence-corrected chi connectivity index (χ4v) is 5.66. The van der Waals surface area contributed by atoms with E-state index in [1.165, 1.54) is 12.1 Å². The number of aliphatic hydroxyl groups is 1. The Balaban J connectivity index is 1.32. The Bertz CT molecular complexity index is 1010. The third-order valence-electron chi connectivity index (χ3n) is 7.88. The van der Waals surface area contributed by atoms with Crippen LogP contribution < -0.4 is 4.74 Å². The molecule has 2 fully saturated rings. The molecular weight excluding hydrogens is 493 g/mol. The van der Waals surface area contributed by atoms with Crippen molar-refractivity contribution in [3.63, 3.8) is 0 Å². The highest BCUT2D eigenvalue weighted by molar-refractivity contribution is 5.79. The second-order valence-electron chi connectivity index (χ2n) is 11.7. The molecule has 0 spiro atoms. The maximum absolute atomic E-state index is 13.6. The Hall–Kier alpha value is -2.48. The first kappa shape index (κ1) is 29.5. The largest absolute Gasteiger partial charge is 0.493 e. The van der Waals surface area contributed by atoms with Gasteiger partial charge in [0.15, 0.2) is 0 Å². The van der Waals surface area contributed by atoms with Crippen molar-refractivity contribution in [1.82, 2.24) is 14.7 Å². The van der Waals surface area contributed by atoms with Crippen LogP contribution in [0.3, 0.4) is 0 Å². The van der Waals surface area contributed by atoms with Gasteiger partial charge < -0.3 is 24.5 Å². The molecule has 1 atom stereocenters. The van der Waals surface area contributed by atoms with Gasteiger partial charge in [-0.3, -0.25) is 4.79 Å². The first-order valence-corrected chi connectivity index (χ1v) is 14.7. The molecule has 2 aromatic carbocycles. The van der Waals surface area contributed by atoms with E-state index in [-0.39, 0.29) is 23.9 Å². The first-order chi connectivity index (χ1) is 18.9. The fraction of sp³-hybridized carbons (Fsp3) is 0.594. The van der Waals surface area contributed by atoms with E-state index in [2.05, 4.69) is 23.6 Å². The van der Waals surface area contributed by atoms with Crippen molar-refractivity contribution in [2.24, 2.45) is 5.92 Å². The summed E-state index contributed by atoms with van der Waals surface area (Å²) in [5.41, 5.74) is 1.93. The molecule has 2 aromatic rings. The quantitative estimate of drug-likeness (QED) is 0.422. The molecule has 1 N–H and O–H groups in total. The summed E-state index contributed by atoms with van der Waals surface area (Å²) in [7, 11) is 0. The molecule has 39 heavy (non-hydrogen) atoms. The first-order valence-electron chi connectivity index (χ1n) is 14.7. The van der Waals surface area contributed by atoms with Gasteiger partial charge in [0.05, 0.1) is 19.1 Å². The van der Waals surface area contributed by atoms with Gasteiger partial charge in [0.1, 0.15) is 11.6 Å². The molecule has 6 nitrogen and oxygen atoms in total. The molecule has 1 amide bonds. The second-order valence-corrected chi connectivity index (χ2v) is 11.7. The number of piperidine rings is 2. The summed E-state index contributed by atoms with van der Waals surface area (Å²) in [6.07, 6.45) is 5.17. The van der Waals surface area contributed by atoms with Crippen molar-refractivity contribution in [3.05, 3.63) is 65.5 Å². The van der Waals surface area contributed by atoms with Crippen LogP contribution in [-0.4, -0.2) is 83.7 Å². The minimum atomic E-state index is -0.260. The summed E-state index contributed by atoms with van der Waals surface area (Å²) in [6.45, 7) is 11.3. The Morgan fingerprint density at radius 2 is 1.64 bits per heavy atom. The summed E-state index contributed by atoms with van der Waals surface area (Å²) >= 11 is 0. The van der Waals surface area contributed by atoms with Crippen LogP contribution in [-0.2, 0) is 17.8 Å². The average Bonchev–Trinajstić information content (AvgIpc) is 2.93. The number of carbonyl (C=O) groups excluding carboxylic acids is 1. The molecule has 2 aliphatic rings. The van der Waals surface area contributed by atoms with E-state index in [0.29, 0.717) is 25.5 Å². The van der Waals surface area contributed by atoms with E-state index in [1.54, 1.807) is 12.1 Å². The number of ether oxygens (including phenoxy) is 1. The Morgan fingerprint density at radius 1 is 0.974 bits per heavy atom. The van der Waals surface area contributed by atoms with Crippen molar-refractivity contribution < 1.29 is 19.0 Å². The number of halogens is 1. The molecule has 2 heterocycles. The number of benzene rings is 2. The van der Waals surface area contributed by atoms with Crippen LogP contribution in [0.15, 0.2) is 48.5 Å². The molecule has 0 aliphatic carbocycles. The zero-order valence-corrected chi connectivity index (χ0v) is 23.7. The van der Waals surface area contributed by atoms with Gasteiger partial charge in [0.2, 0.25) is 5.91 Å². The number of carbonyl (C=O) groups is 1. The number of likely N-dealkylation sites (tertiary alicyclic amines) is 2. The molecule has 4 rings (SSSR count). The van der Waals surface area contributed by atoms with Gasteiger partial charge in [-0.1, -0.05) is 38.1 Å². The smallest absolute Gasteiger partial charge is 0.227 e. The van der Waals surface area contributed by atoms with E-state index in [4.69, 9.17) is 4.74 Å². The molecule has 0 radical (unpaired) electrons. The topological polar surface area (TPSA) is 56.2 Å². The van der Waals surface area contributed by atoms with E-state index >= 15 is 0 Å². The molecule has 0 aromatic heterocycles. The molecule has 1 unspecified atom stereocenters. The zero-order valence-electron chi connectivity index (χ0n) is 23.7. The molecule has 214 valence electrons. The normalized spacial score (nSPS) is 19.4. The number of β-amino-alcohol motifs (C(OH)–C–C–N with tert-alkyl or cyclic N) is 1. The number of hydrogen-bond donors (Lipinski definition) is 1. The lowest BCUT2D eigenvalue weighted by molar-refractivity contribution is -0.134. The van der Waals surface area contributed by atoms with Crippen molar-refractivity contribution in [1.29, 1.82) is 0 Å². The molecule has 0 bridgehead atoms. The van der Waals surface area contributed by atoms with Gasteiger partial charge in [-0.2, -0.15) is 0 Å². The monoisotopic (exact) mass is 539 g/mol. The third-order valence-corrected chi connectivity index (χ3v) is 7.88. The second kappa shape index (κ2) is 14.8. The minimum absolute atomic E-state index is 0.109. The molecule has 7 heteroatoms. The molecule has 2 saturated heterocycles. The maximum atomic E-state index is 13.6. The van der Waals surface area contributed by atoms with E-state index in [0.717, 1.165) is 88.2 Å². The highest BCUT2D eigenvalue weighted by Crippen LogP contribution is 2.22. The minimum Gasteiger partial charge on any atom is -0.493 e. The van der Waals surface area contributed by atoms with Gasteiger partial charge in [0.25, 0.3) is 0 Å². The van der Waals surface area contributed by atoms with Gasteiger partial charge in [0, 0.05) is 32.2 Å². The Morgan fingerprint density at radius 3 is 2.31 bits per heavy atom. The van der Waals surface area contributed by atoms with Crippen LogP contribution in [0.1, 0.15) is 57.1 Å². The SMILES string of the molecule is CC(C)COc1ccc(CC(=O)N(Cc2ccc(F)cc2)C2CCN(CCCN3CCCC(O)C3)CC2)cc1. The number of nitrogens with zero attached hydrogens (tertiary/aromatic N) is 3. The summed E-state index contributed by atoms with van der Waals surface area (Å²) < 4.78 is 19.3. The van der Waals surface area contributed by atoms with Crippen molar-refractivity contribution >= 4 is 5.91 Å². The summed E-state index contributed by atoms with van der Waals surface area (Å²) in [5, 5.41) is 9.91. The highest BCUT2D eigenvalue weighted by Gasteiger charge is 2.28. The van der Waals surface area contributed by atoms with Gasteiger partial charge in [-0.05, 0) is 93.0 Å². The van der Waals surface area contributed by atoms with Crippen molar-refractivity contribution in [3.8, 4) is 5.75 Å². The molecule has 0 saturated carbocycles. The van der Waals surface area contributed by atoms with Crippen LogP contribution in [0.5, 0.6) is 5.75 Å². The van der Waals surface area contributed by atoms with E-state index in [1.807, 2.05) is 29.2 Å². The maximum Gasteiger partial charge on any atom is 0.227 e. The summed E-state index contributed by atoms with van der Waals surface area (Å²) in [5.74, 6) is 1.13. The lowest BCUT2D eigenvalue weighted by Crippen LogP contribution is -2.48. The lowest BCUT2D eigenvalue weighted by Gasteiger charge is -2.39.